The van der Waals surface area contributed by atoms with E-state index >= 15 is 0 Å². The smallest absolute Gasteiger partial charge is 0.291 e. The number of fused-ring (bicyclic) bond motifs is 1. The number of carbonyl (C=O) groups excluding carboxylic acids is 1. The van der Waals surface area contributed by atoms with Gasteiger partial charge in [-0.2, -0.15) is 4.98 Å². The van der Waals surface area contributed by atoms with Gasteiger partial charge in [0.15, 0.2) is 0 Å². The quantitative estimate of drug-likeness (QED) is 0.813. The highest BCUT2D eigenvalue weighted by Crippen LogP contribution is 2.16. The van der Waals surface area contributed by atoms with E-state index in [1.807, 2.05) is 19.9 Å². The molecule has 0 radical (unpaired) electrons. The Bertz CT molecular complexity index is 740. The van der Waals surface area contributed by atoms with Crippen LogP contribution in [0.3, 0.4) is 0 Å². The third-order valence-electron chi connectivity index (χ3n) is 4.92. The Morgan fingerprint density at radius 1 is 1.28 bits per heavy atom. The summed E-state index contributed by atoms with van der Waals surface area (Å²) in [5, 5.41) is 7.18. The Labute approximate surface area is 148 Å². The van der Waals surface area contributed by atoms with Crippen molar-refractivity contribution >= 4 is 11.7 Å². The standard InChI is InChI=1S/C18H28N6O/c1-13-12-15(3)24-18(20-13)21-16(22-24)17(25)19-9-5-7-11-23-10-6-4-8-14(23)2/h12,14H,4-11H2,1-3H3,(H,19,25)/t14-/m1/s1. The van der Waals surface area contributed by atoms with Crippen LogP contribution >= 0.6 is 0 Å². The fraction of sp³-hybridized carbons (Fsp3) is 0.667. The van der Waals surface area contributed by atoms with Gasteiger partial charge in [-0.25, -0.2) is 9.50 Å². The number of likely N-dealkylation sites (tertiary alicyclic amines) is 1. The van der Waals surface area contributed by atoms with Crippen LogP contribution in [0.5, 0.6) is 0 Å². The summed E-state index contributed by atoms with van der Waals surface area (Å²) in [6, 6.07) is 2.62. The van der Waals surface area contributed by atoms with E-state index < -0.39 is 0 Å². The lowest BCUT2D eigenvalue weighted by atomic mass is 10.0. The topological polar surface area (TPSA) is 75.4 Å². The molecule has 0 bridgehead atoms. The van der Waals surface area contributed by atoms with Crippen LogP contribution in [0, 0.1) is 13.8 Å². The van der Waals surface area contributed by atoms with Crippen molar-refractivity contribution in [2.45, 2.75) is 58.9 Å². The monoisotopic (exact) mass is 344 g/mol. The molecule has 1 amide bonds. The number of carbonyl (C=O) groups is 1. The predicted molar refractivity (Wildman–Crippen MR) is 96.7 cm³/mol. The van der Waals surface area contributed by atoms with Crippen LogP contribution in [0.15, 0.2) is 6.07 Å². The number of unbranched alkanes of at least 4 members (excludes halogenated alkanes) is 1. The van der Waals surface area contributed by atoms with Crippen LogP contribution in [0.1, 0.15) is 61.0 Å². The zero-order valence-corrected chi connectivity index (χ0v) is 15.5. The van der Waals surface area contributed by atoms with Gasteiger partial charge in [-0.15, -0.1) is 5.10 Å². The van der Waals surface area contributed by atoms with E-state index in [0.717, 1.165) is 30.8 Å². The number of hydrogen-bond acceptors (Lipinski definition) is 5. The molecule has 1 N–H and O–H groups in total. The van der Waals surface area contributed by atoms with Gasteiger partial charge < -0.3 is 10.2 Å². The van der Waals surface area contributed by atoms with Gasteiger partial charge in [-0.3, -0.25) is 4.79 Å². The van der Waals surface area contributed by atoms with Crippen LogP contribution in [0.2, 0.25) is 0 Å². The number of rotatable bonds is 6. The predicted octanol–water partition coefficient (Wildman–Crippen LogP) is 2.13. The second kappa shape index (κ2) is 7.91. The first-order valence-corrected chi connectivity index (χ1v) is 9.28. The summed E-state index contributed by atoms with van der Waals surface area (Å²) >= 11 is 0. The Morgan fingerprint density at radius 3 is 2.92 bits per heavy atom. The van der Waals surface area contributed by atoms with Gasteiger partial charge in [0.25, 0.3) is 11.7 Å². The van der Waals surface area contributed by atoms with Crippen molar-refractivity contribution in [2.24, 2.45) is 0 Å². The van der Waals surface area contributed by atoms with Gasteiger partial charge in [0.2, 0.25) is 5.82 Å². The van der Waals surface area contributed by atoms with Gasteiger partial charge in [-0.05, 0) is 65.6 Å². The number of nitrogens with zero attached hydrogens (tertiary/aromatic N) is 5. The molecule has 1 fully saturated rings. The minimum Gasteiger partial charge on any atom is -0.349 e. The van der Waals surface area contributed by atoms with Crippen molar-refractivity contribution in [3.05, 3.63) is 23.3 Å². The fourth-order valence-electron chi connectivity index (χ4n) is 3.47. The van der Waals surface area contributed by atoms with Crippen LogP contribution in [-0.2, 0) is 0 Å². The molecule has 25 heavy (non-hydrogen) atoms. The summed E-state index contributed by atoms with van der Waals surface area (Å²) in [6.07, 6.45) is 6.05. The van der Waals surface area contributed by atoms with Crippen LogP contribution in [0.25, 0.3) is 5.78 Å². The summed E-state index contributed by atoms with van der Waals surface area (Å²) in [5.41, 5.74) is 1.79. The van der Waals surface area contributed by atoms with Crippen molar-refractivity contribution in [3.63, 3.8) is 0 Å². The van der Waals surface area contributed by atoms with E-state index in [-0.39, 0.29) is 11.7 Å². The van der Waals surface area contributed by atoms with E-state index in [1.54, 1.807) is 4.52 Å². The third-order valence-corrected chi connectivity index (χ3v) is 4.92. The third kappa shape index (κ3) is 4.34. The highest BCUT2D eigenvalue weighted by atomic mass is 16.2. The molecule has 1 aliphatic heterocycles. The lowest BCUT2D eigenvalue weighted by molar-refractivity contribution is 0.0941. The molecule has 2 aromatic rings. The minimum absolute atomic E-state index is 0.186. The molecular formula is C18H28N6O. The maximum Gasteiger partial charge on any atom is 0.291 e. The molecule has 0 saturated carbocycles. The number of aryl methyl sites for hydroxylation is 2. The molecule has 0 spiro atoms. The first-order valence-electron chi connectivity index (χ1n) is 9.28. The van der Waals surface area contributed by atoms with E-state index in [9.17, 15) is 4.79 Å². The lowest BCUT2D eigenvalue weighted by Crippen LogP contribution is -2.38. The molecule has 1 atom stereocenters. The summed E-state index contributed by atoms with van der Waals surface area (Å²) in [4.78, 5) is 23.4. The first-order chi connectivity index (χ1) is 12.0. The zero-order chi connectivity index (χ0) is 17.8. The molecule has 7 nitrogen and oxygen atoms in total. The van der Waals surface area contributed by atoms with Crippen molar-refractivity contribution in [3.8, 4) is 0 Å². The van der Waals surface area contributed by atoms with E-state index in [1.165, 1.54) is 25.8 Å². The van der Waals surface area contributed by atoms with Crippen LogP contribution < -0.4 is 5.32 Å². The molecule has 136 valence electrons. The Hall–Kier alpha value is -2.02. The van der Waals surface area contributed by atoms with Crippen LogP contribution in [0.4, 0.5) is 0 Å². The van der Waals surface area contributed by atoms with Crippen molar-refractivity contribution in [1.29, 1.82) is 0 Å². The van der Waals surface area contributed by atoms with Crippen molar-refractivity contribution in [2.75, 3.05) is 19.6 Å². The van der Waals surface area contributed by atoms with Crippen molar-refractivity contribution in [1.82, 2.24) is 29.8 Å². The number of piperidine rings is 1. The summed E-state index contributed by atoms with van der Waals surface area (Å²) in [6.45, 7) is 9.14. The SMILES string of the molecule is Cc1cc(C)n2nc(C(=O)NCCCCN3CCCC[C@H]3C)nc2n1. The number of nitrogens with one attached hydrogen (secondary N) is 1. The van der Waals surface area contributed by atoms with Gasteiger partial charge in [-0.1, -0.05) is 6.42 Å². The molecule has 0 aromatic carbocycles. The van der Waals surface area contributed by atoms with Gasteiger partial charge in [0.05, 0.1) is 0 Å². The molecule has 2 aromatic heterocycles. The highest BCUT2D eigenvalue weighted by Gasteiger charge is 2.17. The summed E-state index contributed by atoms with van der Waals surface area (Å²) in [5.74, 6) is 0.432. The second-order valence-electron chi connectivity index (χ2n) is 7.03. The maximum absolute atomic E-state index is 12.2. The largest absolute Gasteiger partial charge is 0.349 e. The molecule has 1 aliphatic rings. The summed E-state index contributed by atoms with van der Waals surface area (Å²) in [7, 11) is 0. The second-order valence-corrected chi connectivity index (χ2v) is 7.03. The normalized spacial score (nSPS) is 18.6. The summed E-state index contributed by atoms with van der Waals surface area (Å²) < 4.78 is 1.61. The average molecular weight is 344 g/mol. The molecule has 7 heteroatoms. The van der Waals surface area contributed by atoms with E-state index in [0.29, 0.717) is 18.4 Å². The number of amides is 1. The first kappa shape index (κ1) is 17.8. The van der Waals surface area contributed by atoms with E-state index in [4.69, 9.17) is 0 Å². The number of aromatic nitrogens is 4. The fourth-order valence-corrected chi connectivity index (χ4v) is 3.47. The Morgan fingerprint density at radius 2 is 2.12 bits per heavy atom. The van der Waals surface area contributed by atoms with E-state index in [2.05, 4.69) is 32.2 Å². The van der Waals surface area contributed by atoms with Crippen molar-refractivity contribution < 1.29 is 4.79 Å². The molecule has 0 unspecified atom stereocenters. The van der Waals surface area contributed by atoms with Gasteiger partial charge in [0, 0.05) is 24.0 Å². The molecule has 1 saturated heterocycles. The Balaban J connectivity index is 1.46. The number of hydrogen-bond donors (Lipinski definition) is 1. The van der Waals surface area contributed by atoms with Gasteiger partial charge in [0.1, 0.15) is 0 Å². The minimum atomic E-state index is -0.228. The van der Waals surface area contributed by atoms with Gasteiger partial charge >= 0.3 is 0 Å². The molecule has 3 heterocycles. The Kier molecular flexibility index (Phi) is 5.63. The lowest BCUT2D eigenvalue weighted by Gasteiger charge is -2.33. The molecule has 0 aliphatic carbocycles. The average Bonchev–Trinajstić information content (AvgIpc) is 3.00. The maximum atomic E-state index is 12.2. The molecule has 3 rings (SSSR count). The zero-order valence-electron chi connectivity index (χ0n) is 15.5. The molecular weight excluding hydrogens is 316 g/mol. The van der Waals surface area contributed by atoms with Crippen LogP contribution in [-0.4, -0.2) is 56.1 Å². The highest BCUT2D eigenvalue weighted by molar-refractivity contribution is 5.90.